The highest BCUT2D eigenvalue weighted by Gasteiger charge is 2.26. The predicted octanol–water partition coefficient (Wildman–Crippen LogP) is 1.48. The van der Waals surface area contributed by atoms with Crippen LogP contribution in [0.5, 0.6) is 0 Å². The first-order valence-electron chi connectivity index (χ1n) is 7.95. The fraction of sp³-hybridized carbons (Fsp3) is 0.294. The van der Waals surface area contributed by atoms with Gasteiger partial charge in [-0.25, -0.2) is 4.98 Å². The SMILES string of the molecule is C=CC(=O)N1CCC(C(=O)NNC(=O)c2nc3ccccc3s2)CC1. The van der Waals surface area contributed by atoms with Gasteiger partial charge in [0.15, 0.2) is 5.01 Å². The van der Waals surface area contributed by atoms with Gasteiger partial charge in [0, 0.05) is 19.0 Å². The quantitative estimate of drug-likeness (QED) is 0.642. The molecule has 1 aromatic carbocycles. The van der Waals surface area contributed by atoms with Crippen LogP contribution in [0.15, 0.2) is 36.9 Å². The summed E-state index contributed by atoms with van der Waals surface area (Å²) in [5.74, 6) is -1.04. The number of likely N-dealkylation sites (tertiary alicyclic amines) is 1. The highest BCUT2D eigenvalue weighted by molar-refractivity contribution is 7.20. The molecule has 1 aliphatic rings. The van der Waals surface area contributed by atoms with Crippen LogP contribution in [0.3, 0.4) is 0 Å². The van der Waals surface area contributed by atoms with Crippen LogP contribution in [0.1, 0.15) is 22.6 Å². The van der Waals surface area contributed by atoms with Crippen molar-refractivity contribution in [1.29, 1.82) is 0 Å². The highest BCUT2D eigenvalue weighted by Crippen LogP contribution is 2.21. The average molecular weight is 358 g/mol. The number of rotatable bonds is 3. The van der Waals surface area contributed by atoms with Crippen molar-refractivity contribution < 1.29 is 14.4 Å². The second-order valence-corrected chi connectivity index (χ2v) is 6.76. The topological polar surface area (TPSA) is 91.4 Å². The van der Waals surface area contributed by atoms with Crippen molar-refractivity contribution in [2.75, 3.05) is 13.1 Å². The van der Waals surface area contributed by atoms with E-state index in [4.69, 9.17) is 0 Å². The smallest absolute Gasteiger partial charge is 0.298 e. The summed E-state index contributed by atoms with van der Waals surface area (Å²) in [5, 5.41) is 0.299. The van der Waals surface area contributed by atoms with Gasteiger partial charge < -0.3 is 4.90 Å². The zero-order valence-corrected chi connectivity index (χ0v) is 14.3. The average Bonchev–Trinajstić information content (AvgIpc) is 3.09. The number of fused-ring (bicyclic) bond motifs is 1. The third kappa shape index (κ3) is 3.85. The molecule has 3 amide bonds. The molecule has 1 aromatic heterocycles. The first kappa shape index (κ1) is 17.1. The van der Waals surface area contributed by atoms with Gasteiger partial charge in [0.05, 0.1) is 10.2 Å². The Balaban J connectivity index is 1.51. The molecule has 0 radical (unpaired) electrons. The van der Waals surface area contributed by atoms with Crippen LogP contribution in [-0.2, 0) is 9.59 Å². The Hall–Kier alpha value is -2.74. The zero-order valence-electron chi connectivity index (χ0n) is 13.5. The second-order valence-electron chi connectivity index (χ2n) is 5.73. The summed E-state index contributed by atoms with van der Waals surface area (Å²) in [4.78, 5) is 41.8. The minimum atomic E-state index is -0.436. The number of thiazole rings is 1. The van der Waals surface area contributed by atoms with Gasteiger partial charge >= 0.3 is 0 Å². The molecular formula is C17H18N4O3S. The van der Waals surface area contributed by atoms with Gasteiger partial charge in [-0.05, 0) is 31.1 Å². The first-order chi connectivity index (χ1) is 12.1. The predicted molar refractivity (Wildman–Crippen MR) is 94.7 cm³/mol. The summed E-state index contributed by atoms with van der Waals surface area (Å²) in [6.07, 6.45) is 2.39. The van der Waals surface area contributed by atoms with Gasteiger partial charge in [0.25, 0.3) is 5.91 Å². The Bertz CT molecular complexity index is 791. The van der Waals surface area contributed by atoms with Crippen molar-refractivity contribution in [2.45, 2.75) is 12.8 Å². The molecule has 2 N–H and O–H groups in total. The number of piperidine rings is 1. The van der Waals surface area contributed by atoms with Gasteiger partial charge in [-0.1, -0.05) is 18.7 Å². The number of benzene rings is 1. The van der Waals surface area contributed by atoms with Crippen molar-refractivity contribution in [3.63, 3.8) is 0 Å². The van der Waals surface area contributed by atoms with E-state index >= 15 is 0 Å². The van der Waals surface area contributed by atoms with Crippen LogP contribution in [0.25, 0.3) is 10.2 Å². The summed E-state index contributed by atoms with van der Waals surface area (Å²) < 4.78 is 0.915. The van der Waals surface area contributed by atoms with Gasteiger partial charge in [-0.15, -0.1) is 11.3 Å². The molecule has 1 saturated heterocycles. The number of carbonyl (C=O) groups is 3. The lowest BCUT2D eigenvalue weighted by Gasteiger charge is -2.30. The molecule has 0 saturated carbocycles. The fourth-order valence-electron chi connectivity index (χ4n) is 2.73. The first-order valence-corrected chi connectivity index (χ1v) is 8.77. The van der Waals surface area contributed by atoms with E-state index in [1.54, 1.807) is 4.90 Å². The normalized spacial score (nSPS) is 15.0. The number of nitrogens with one attached hydrogen (secondary N) is 2. The monoisotopic (exact) mass is 358 g/mol. The van der Waals surface area contributed by atoms with E-state index in [9.17, 15) is 14.4 Å². The number of amides is 3. The molecule has 3 rings (SSSR count). The Kier molecular flexibility index (Phi) is 5.08. The van der Waals surface area contributed by atoms with E-state index in [1.165, 1.54) is 17.4 Å². The number of aromatic nitrogens is 1. The minimum absolute atomic E-state index is 0.122. The molecule has 1 aliphatic heterocycles. The third-order valence-electron chi connectivity index (χ3n) is 4.14. The largest absolute Gasteiger partial charge is 0.339 e. The number of hydrogen-bond donors (Lipinski definition) is 2. The van der Waals surface area contributed by atoms with Gasteiger partial charge in [0.2, 0.25) is 11.8 Å². The number of hydrogen-bond acceptors (Lipinski definition) is 5. The Morgan fingerprint density at radius 3 is 2.60 bits per heavy atom. The van der Waals surface area contributed by atoms with E-state index in [0.29, 0.717) is 30.9 Å². The van der Waals surface area contributed by atoms with Crippen LogP contribution in [0.4, 0.5) is 0 Å². The lowest BCUT2D eigenvalue weighted by molar-refractivity contribution is -0.132. The van der Waals surface area contributed by atoms with Crippen LogP contribution < -0.4 is 10.9 Å². The molecule has 0 aliphatic carbocycles. The maximum atomic E-state index is 12.2. The number of para-hydroxylation sites is 1. The summed E-state index contributed by atoms with van der Waals surface area (Å²) in [7, 11) is 0. The zero-order chi connectivity index (χ0) is 17.8. The third-order valence-corrected chi connectivity index (χ3v) is 5.17. The molecule has 1 fully saturated rings. The molecular weight excluding hydrogens is 340 g/mol. The van der Waals surface area contributed by atoms with Crippen molar-refractivity contribution in [3.8, 4) is 0 Å². The molecule has 0 atom stereocenters. The standard InChI is InChI=1S/C17H18N4O3S/c1-2-14(22)21-9-7-11(8-10-21)15(23)19-20-16(24)17-18-12-5-3-4-6-13(12)25-17/h2-6,11H,1,7-10H2,(H,19,23)(H,20,24). The molecule has 8 heteroatoms. The minimum Gasteiger partial charge on any atom is -0.339 e. The number of nitrogens with zero attached hydrogens (tertiary/aromatic N) is 2. The Morgan fingerprint density at radius 1 is 1.20 bits per heavy atom. The summed E-state index contributed by atoms with van der Waals surface area (Å²) in [6.45, 7) is 4.48. The molecule has 7 nitrogen and oxygen atoms in total. The van der Waals surface area contributed by atoms with E-state index < -0.39 is 5.91 Å². The van der Waals surface area contributed by atoms with E-state index in [1.807, 2.05) is 24.3 Å². The van der Waals surface area contributed by atoms with Gasteiger partial charge in [0.1, 0.15) is 0 Å². The van der Waals surface area contributed by atoms with E-state index in [0.717, 1.165) is 10.2 Å². The van der Waals surface area contributed by atoms with Gasteiger partial charge in [-0.2, -0.15) is 0 Å². The van der Waals surface area contributed by atoms with Crippen LogP contribution >= 0.6 is 11.3 Å². The summed E-state index contributed by atoms with van der Waals surface area (Å²) in [5.41, 5.74) is 5.63. The lowest BCUT2D eigenvalue weighted by Crippen LogP contribution is -2.48. The van der Waals surface area contributed by atoms with E-state index in [2.05, 4.69) is 22.4 Å². The van der Waals surface area contributed by atoms with Crippen LogP contribution in [0.2, 0.25) is 0 Å². The summed E-state index contributed by atoms with van der Waals surface area (Å²) >= 11 is 1.27. The number of hydrazine groups is 1. The molecule has 2 heterocycles. The Labute approximate surface area is 148 Å². The Morgan fingerprint density at radius 2 is 1.92 bits per heavy atom. The lowest BCUT2D eigenvalue weighted by atomic mass is 9.96. The second kappa shape index (κ2) is 7.43. The molecule has 25 heavy (non-hydrogen) atoms. The van der Waals surface area contributed by atoms with Crippen molar-refractivity contribution in [2.24, 2.45) is 5.92 Å². The van der Waals surface area contributed by atoms with Crippen molar-refractivity contribution in [3.05, 3.63) is 41.9 Å². The maximum Gasteiger partial charge on any atom is 0.298 e. The highest BCUT2D eigenvalue weighted by atomic mass is 32.1. The van der Waals surface area contributed by atoms with Gasteiger partial charge in [-0.3, -0.25) is 25.2 Å². The maximum absolute atomic E-state index is 12.2. The molecule has 0 spiro atoms. The summed E-state index contributed by atoms with van der Waals surface area (Å²) in [6, 6.07) is 7.46. The fourth-order valence-corrected chi connectivity index (χ4v) is 3.60. The molecule has 130 valence electrons. The van der Waals surface area contributed by atoms with Crippen molar-refractivity contribution in [1.82, 2.24) is 20.7 Å². The molecule has 0 bridgehead atoms. The van der Waals surface area contributed by atoms with Crippen molar-refractivity contribution >= 4 is 39.3 Å². The van der Waals surface area contributed by atoms with Crippen LogP contribution in [0, 0.1) is 5.92 Å². The van der Waals surface area contributed by atoms with Crippen LogP contribution in [-0.4, -0.2) is 40.7 Å². The molecule has 0 unspecified atom stereocenters. The molecule has 2 aromatic rings. The number of carbonyl (C=O) groups excluding carboxylic acids is 3. The van der Waals surface area contributed by atoms with E-state index in [-0.39, 0.29) is 17.7 Å².